The van der Waals surface area contributed by atoms with Crippen molar-refractivity contribution < 1.29 is 4.79 Å². The largest absolute Gasteiger partial charge is 0.331 e. The van der Waals surface area contributed by atoms with Crippen LogP contribution in [0.2, 0.25) is 0 Å². The average Bonchev–Trinajstić information content (AvgIpc) is 2.85. The lowest BCUT2D eigenvalue weighted by Gasteiger charge is -2.27. The van der Waals surface area contributed by atoms with Gasteiger partial charge >= 0.3 is 0 Å². The summed E-state index contributed by atoms with van der Waals surface area (Å²) in [4.78, 5) is 28.9. The molecule has 4 nitrogen and oxygen atoms in total. The molecule has 1 aromatic carbocycles. The van der Waals surface area contributed by atoms with Gasteiger partial charge in [-0.05, 0) is 24.5 Å². The lowest BCUT2D eigenvalue weighted by molar-refractivity contribution is 0.0712. The lowest BCUT2D eigenvalue weighted by Crippen LogP contribution is -2.39. The van der Waals surface area contributed by atoms with Gasteiger partial charge < -0.3 is 9.88 Å². The molecule has 1 unspecified atom stereocenters. The van der Waals surface area contributed by atoms with E-state index in [4.69, 9.17) is 0 Å². The third-order valence-electron chi connectivity index (χ3n) is 4.37. The summed E-state index contributed by atoms with van der Waals surface area (Å²) >= 11 is 0. The number of amides is 1. The van der Waals surface area contributed by atoms with Gasteiger partial charge in [0.05, 0.1) is 6.04 Å². The average molecular weight is 322 g/mol. The first kappa shape index (κ1) is 16.2. The van der Waals surface area contributed by atoms with Crippen LogP contribution >= 0.6 is 0 Å². The number of carbonyl (C=O) groups excluding carboxylic acids is 1. The molecule has 0 radical (unpaired) electrons. The van der Waals surface area contributed by atoms with Crippen LogP contribution in [0.5, 0.6) is 0 Å². The fourth-order valence-corrected chi connectivity index (χ4v) is 3.10. The van der Waals surface area contributed by atoms with E-state index in [9.17, 15) is 9.59 Å². The molecule has 3 rings (SSSR count). The monoisotopic (exact) mass is 322 g/mol. The number of hydrogen-bond acceptors (Lipinski definition) is 2. The zero-order chi connectivity index (χ0) is 16.8. The first-order valence-corrected chi connectivity index (χ1v) is 8.47. The quantitative estimate of drug-likeness (QED) is 0.940. The van der Waals surface area contributed by atoms with Crippen LogP contribution < -0.4 is 5.56 Å². The first-order valence-electron chi connectivity index (χ1n) is 8.47. The molecule has 1 N–H and O–H groups in total. The van der Waals surface area contributed by atoms with Crippen molar-refractivity contribution in [1.82, 2.24) is 9.88 Å². The Morgan fingerprint density at radius 1 is 1.04 bits per heavy atom. The van der Waals surface area contributed by atoms with E-state index in [0.717, 1.165) is 37.8 Å². The number of aromatic nitrogens is 1. The molecule has 1 fully saturated rings. The maximum Gasteiger partial charge on any atom is 0.270 e. The van der Waals surface area contributed by atoms with Crippen LogP contribution in [0.3, 0.4) is 0 Å². The fraction of sp³-hybridized carbons (Fsp3) is 0.300. The summed E-state index contributed by atoms with van der Waals surface area (Å²) in [6.07, 6.45) is 8.37. The van der Waals surface area contributed by atoms with Crippen molar-refractivity contribution in [3.8, 4) is 0 Å². The number of nitrogens with zero attached hydrogens (tertiary/aromatic N) is 1. The number of pyridine rings is 1. The van der Waals surface area contributed by atoms with E-state index in [2.05, 4.69) is 17.1 Å². The number of hydrogen-bond donors (Lipinski definition) is 1. The van der Waals surface area contributed by atoms with Crippen molar-refractivity contribution in [2.24, 2.45) is 0 Å². The Morgan fingerprint density at radius 2 is 1.88 bits per heavy atom. The second-order valence-corrected chi connectivity index (χ2v) is 6.11. The number of rotatable bonds is 3. The van der Waals surface area contributed by atoms with Crippen LogP contribution in [-0.2, 0) is 0 Å². The van der Waals surface area contributed by atoms with Crippen LogP contribution in [0, 0.1) is 0 Å². The molecular formula is C20H22N2O2. The Morgan fingerprint density at radius 3 is 2.67 bits per heavy atom. The summed E-state index contributed by atoms with van der Waals surface area (Å²) in [5.74, 6) is -0.0997. The molecule has 2 heterocycles. The van der Waals surface area contributed by atoms with Crippen LogP contribution in [0.1, 0.15) is 41.7 Å². The van der Waals surface area contributed by atoms with Crippen molar-refractivity contribution in [3.63, 3.8) is 0 Å². The molecule has 1 aliphatic heterocycles. The zero-order valence-electron chi connectivity index (χ0n) is 13.7. The number of aromatic amines is 1. The highest BCUT2D eigenvalue weighted by molar-refractivity contribution is 5.92. The highest BCUT2D eigenvalue weighted by Crippen LogP contribution is 2.20. The minimum atomic E-state index is -0.243. The molecule has 124 valence electrons. The molecule has 0 bridgehead atoms. The third-order valence-corrected chi connectivity index (χ3v) is 4.37. The molecule has 1 atom stereocenters. The van der Waals surface area contributed by atoms with Gasteiger partial charge in [0.25, 0.3) is 5.91 Å². The van der Waals surface area contributed by atoms with Crippen LogP contribution in [-0.4, -0.2) is 28.4 Å². The Bertz CT molecular complexity index is 764. The van der Waals surface area contributed by atoms with E-state index in [1.54, 1.807) is 12.1 Å². The minimum Gasteiger partial charge on any atom is -0.331 e. The van der Waals surface area contributed by atoms with Crippen molar-refractivity contribution in [1.29, 1.82) is 0 Å². The molecule has 0 saturated carbocycles. The Hall–Kier alpha value is -2.62. The number of carbonyl (C=O) groups is 1. The molecule has 4 heteroatoms. The molecule has 1 saturated heterocycles. The SMILES string of the molecule is O=C(c1cccc(=O)[nH]1)N1CCCCCC1/C=C/c1ccccc1. The van der Waals surface area contributed by atoms with Gasteiger partial charge in [-0.2, -0.15) is 0 Å². The molecule has 0 aliphatic carbocycles. The van der Waals surface area contributed by atoms with Gasteiger partial charge in [0.15, 0.2) is 0 Å². The van der Waals surface area contributed by atoms with Crippen molar-refractivity contribution in [2.75, 3.05) is 6.54 Å². The summed E-state index contributed by atoms with van der Waals surface area (Å²) < 4.78 is 0. The highest BCUT2D eigenvalue weighted by Gasteiger charge is 2.25. The molecule has 1 aromatic heterocycles. The molecule has 2 aromatic rings. The van der Waals surface area contributed by atoms with Gasteiger partial charge in [0, 0.05) is 12.6 Å². The van der Waals surface area contributed by atoms with Crippen molar-refractivity contribution in [3.05, 3.63) is 76.2 Å². The van der Waals surface area contributed by atoms with Gasteiger partial charge in [-0.1, -0.05) is 61.4 Å². The summed E-state index contributed by atoms with van der Waals surface area (Å²) in [7, 11) is 0. The van der Waals surface area contributed by atoms with E-state index >= 15 is 0 Å². The van der Waals surface area contributed by atoms with Gasteiger partial charge in [-0.25, -0.2) is 0 Å². The normalized spacial score (nSPS) is 18.5. The van der Waals surface area contributed by atoms with E-state index < -0.39 is 0 Å². The number of benzene rings is 1. The topological polar surface area (TPSA) is 53.2 Å². The highest BCUT2D eigenvalue weighted by atomic mass is 16.2. The van der Waals surface area contributed by atoms with Gasteiger partial charge in [-0.3, -0.25) is 9.59 Å². The molecule has 1 amide bonds. The summed E-state index contributed by atoms with van der Waals surface area (Å²) in [6.45, 7) is 0.722. The van der Waals surface area contributed by atoms with Crippen LogP contribution in [0.4, 0.5) is 0 Å². The first-order chi connectivity index (χ1) is 11.7. The number of nitrogens with one attached hydrogen (secondary N) is 1. The smallest absolute Gasteiger partial charge is 0.270 e. The predicted molar refractivity (Wildman–Crippen MR) is 95.8 cm³/mol. The van der Waals surface area contributed by atoms with Crippen LogP contribution in [0.15, 0.2) is 59.4 Å². The minimum absolute atomic E-state index is 0.0592. The van der Waals surface area contributed by atoms with Crippen LogP contribution in [0.25, 0.3) is 6.08 Å². The lowest BCUT2D eigenvalue weighted by atomic mass is 10.1. The van der Waals surface area contributed by atoms with E-state index in [-0.39, 0.29) is 17.5 Å². The maximum absolute atomic E-state index is 12.8. The predicted octanol–water partition coefficient (Wildman–Crippen LogP) is 3.47. The number of H-pyrrole nitrogens is 1. The van der Waals surface area contributed by atoms with Gasteiger partial charge in [0.1, 0.15) is 5.69 Å². The van der Waals surface area contributed by atoms with Crippen molar-refractivity contribution >= 4 is 12.0 Å². The van der Waals surface area contributed by atoms with E-state index in [0.29, 0.717) is 5.69 Å². The van der Waals surface area contributed by atoms with Gasteiger partial charge in [0.2, 0.25) is 5.56 Å². The molecule has 1 aliphatic rings. The second-order valence-electron chi connectivity index (χ2n) is 6.11. The maximum atomic E-state index is 12.8. The summed E-state index contributed by atoms with van der Waals surface area (Å²) in [5.41, 5.74) is 1.25. The fourth-order valence-electron chi connectivity index (χ4n) is 3.10. The molecule has 24 heavy (non-hydrogen) atoms. The van der Waals surface area contributed by atoms with E-state index in [1.807, 2.05) is 35.2 Å². The Kier molecular flexibility index (Phi) is 5.26. The van der Waals surface area contributed by atoms with E-state index in [1.165, 1.54) is 6.07 Å². The standard InChI is InChI=1S/C20H22N2O2/c23-19-12-7-11-18(21-19)20(24)22-15-6-2-5-10-17(22)14-13-16-8-3-1-4-9-16/h1,3-4,7-9,11-14,17H,2,5-6,10,15H2,(H,21,23)/b14-13+. The zero-order valence-corrected chi connectivity index (χ0v) is 13.7. The second kappa shape index (κ2) is 7.77. The third kappa shape index (κ3) is 4.02. The Balaban J connectivity index is 1.83. The number of likely N-dealkylation sites (tertiary alicyclic amines) is 1. The molecule has 0 spiro atoms. The van der Waals surface area contributed by atoms with Crippen molar-refractivity contribution in [2.45, 2.75) is 31.7 Å². The Labute approximate surface area is 141 Å². The summed E-state index contributed by atoms with van der Waals surface area (Å²) in [5, 5.41) is 0. The van der Waals surface area contributed by atoms with Gasteiger partial charge in [-0.15, -0.1) is 0 Å². The summed E-state index contributed by atoms with van der Waals surface area (Å²) in [6, 6.07) is 14.9. The molecular weight excluding hydrogens is 300 g/mol.